The van der Waals surface area contributed by atoms with Crippen LogP contribution in [0.25, 0.3) is 88.3 Å². The predicted molar refractivity (Wildman–Crippen MR) is 395 cm³/mol. The van der Waals surface area contributed by atoms with E-state index < -0.39 is 58.1 Å². The molecule has 37 nitrogen and oxygen atoms in total. The van der Waals surface area contributed by atoms with E-state index in [0.29, 0.717) is 99.2 Å². The number of nitrogens with zero attached hydrogens (tertiary/aromatic N) is 16. The van der Waals surface area contributed by atoms with Crippen molar-refractivity contribution in [2.24, 2.45) is 0 Å². The Balaban J connectivity index is 0.000000141. The molecule has 0 radical (unpaired) electrons. The first-order valence-corrected chi connectivity index (χ1v) is 32.0. The number of carboxylic acids is 1. The van der Waals surface area contributed by atoms with Crippen molar-refractivity contribution < 1.29 is 24.5 Å². The monoisotopic (exact) mass is 1490 g/mol. The molecule has 8 heterocycles. The Morgan fingerprint density at radius 3 is 1.12 bits per heavy atom. The number of hydrogen-bond donors (Lipinski definition) is 10. The second kappa shape index (κ2) is 35.1. The number of aromatic hydroxyl groups is 1. The van der Waals surface area contributed by atoms with E-state index in [1.54, 1.807) is 61.7 Å². The predicted octanol–water partition coefficient (Wildman–Crippen LogP) is 6.07. The molecule has 107 heavy (non-hydrogen) atoms. The molecular formula is C68H60Cl2N24O13. The van der Waals surface area contributed by atoms with Crippen LogP contribution in [0.4, 0.5) is 0 Å². The van der Waals surface area contributed by atoms with Gasteiger partial charge in [0.15, 0.2) is 6.61 Å². The summed E-state index contributed by atoms with van der Waals surface area (Å²) >= 11 is 11.4. The van der Waals surface area contributed by atoms with Crippen LogP contribution in [0.5, 0.6) is 17.2 Å². The summed E-state index contributed by atoms with van der Waals surface area (Å²) < 4.78 is 9.94. The highest BCUT2D eigenvalue weighted by Gasteiger charge is 2.15. The molecule has 0 aliphatic carbocycles. The van der Waals surface area contributed by atoms with Crippen LogP contribution in [0.2, 0.25) is 10.0 Å². The van der Waals surface area contributed by atoms with Gasteiger partial charge in [0.05, 0.1) is 51.2 Å². The molecule has 0 saturated carbocycles. The molecule has 0 atom stereocenters. The minimum atomic E-state index is -1.06. The largest absolute Gasteiger partial charge is 0.508 e. The van der Waals surface area contributed by atoms with Crippen LogP contribution in [0, 0.1) is 13.8 Å². The molecule has 16 aromatic rings. The van der Waals surface area contributed by atoms with Crippen LogP contribution in [0.3, 0.4) is 0 Å². The van der Waals surface area contributed by atoms with E-state index in [9.17, 15) is 43.2 Å². The third-order valence-electron chi connectivity index (χ3n) is 14.4. The van der Waals surface area contributed by atoms with Gasteiger partial charge in [-0.1, -0.05) is 70.0 Å². The first kappa shape index (κ1) is 76.9. The third-order valence-corrected chi connectivity index (χ3v) is 14.8. The Hall–Kier alpha value is -14.2. The van der Waals surface area contributed by atoms with Gasteiger partial charge in [-0.2, -0.15) is 80.7 Å². The van der Waals surface area contributed by atoms with Gasteiger partial charge in [0, 0.05) is 28.2 Å². The van der Waals surface area contributed by atoms with E-state index in [4.69, 9.17) is 42.9 Å². The number of H-pyrrole nitrogens is 8. The van der Waals surface area contributed by atoms with Crippen molar-refractivity contribution in [3.8, 4) is 17.2 Å². The molecule has 0 aliphatic heterocycles. The lowest BCUT2D eigenvalue weighted by molar-refractivity contribution is -0.139. The Bertz CT molecular complexity index is 6330. The fourth-order valence-electron chi connectivity index (χ4n) is 8.96. The third kappa shape index (κ3) is 22.4. The van der Waals surface area contributed by atoms with Crippen LogP contribution in [0.1, 0.15) is 62.8 Å². The van der Waals surface area contributed by atoms with Crippen LogP contribution in [0.15, 0.2) is 178 Å². The highest BCUT2D eigenvalue weighted by molar-refractivity contribution is 6.31. The Labute approximate surface area is 607 Å². The number of phenols is 1. The number of hydrogen-bond acceptors (Lipinski definition) is 28. The average molecular weight is 1490 g/mol. The maximum Gasteiger partial charge on any atom is 0.361 e. The molecule has 39 heteroatoms. The first-order chi connectivity index (χ1) is 51.0. The quantitative estimate of drug-likeness (QED) is 0.0934. The summed E-state index contributed by atoms with van der Waals surface area (Å²) in [5.74, 6) is 0.537. The molecule has 8 aromatic carbocycles. The van der Waals surface area contributed by atoms with Gasteiger partial charge in [-0.25, -0.2) is 83.9 Å². The van der Waals surface area contributed by atoms with E-state index in [1.165, 1.54) is 47.5 Å². The highest BCUT2D eigenvalue weighted by atomic mass is 35.5. The number of carboxylic acid groups (broad SMARTS) is 1. The Kier molecular flexibility index (Phi) is 25.2. The van der Waals surface area contributed by atoms with Gasteiger partial charge >= 0.3 is 51.5 Å². The van der Waals surface area contributed by atoms with Crippen molar-refractivity contribution in [2.75, 3.05) is 13.7 Å². The van der Waals surface area contributed by atoms with Crippen molar-refractivity contribution in [3.63, 3.8) is 0 Å². The summed E-state index contributed by atoms with van der Waals surface area (Å²) in [7, 11) is 1.57. The minimum absolute atomic E-state index is 0.0754. The highest BCUT2D eigenvalue weighted by Crippen LogP contribution is 2.25. The number of ether oxygens (including phenoxy) is 2. The smallest absolute Gasteiger partial charge is 0.361 e. The minimum Gasteiger partial charge on any atom is -0.508 e. The average Bonchev–Trinajstić information content (AvgIpc) is 0.772. The Morgan fingerprint density at radius 1 is 0.383 bits per heavy atom. The number of fused-ring (bicyclic) bond motifs is 8. The number of aryl methyl sites for hydroxylation is 2. The van der Waals surface area contributed by atoms with E-state index in [0.717, 1.165) is 27.7 Å². The van der Waals surface area contributed by atoms with Crippen molar-refractivity contribution in [1.82, 2.24) is 121 Å². The molecule has 10 N–H and O–H groups in total. The molecule has 0 spiro atoms. The molecule has 544 valence electrons. The number of aliphatic carboxylic acids is 1. The maximum absolute atomic E-state index is 10.9. The summed E-state index contributed by atoms with van der Waals surface area (Å²) in [6.45, 7) is 14.2. The molecule has 8 aromatic heterocycles. The zero-order valence-corrected chi connectivity index (χ0v) is 58.9. The second-order valence-corrected chi connectivity index (χ2v) is 24.4. The summed E-state index contributed by atoms with van der Waals surface area (Å²) in [5.41, 5.74) is 10.4. The lowest BCUT2D eigenvalue weighted by Gasteiger charge is -2.18. The van der Waals surface area contributed by atoms with Gasteiger partial charge in [-0.3, -0.25) is 0 Å². The summed E-state index contributed by atoms with van der Waals surface area (Å²) in [4.78, 5) is 126. The van der Waals surface area contributed by atoms with E-state index in [2.05, 4.69) is 156 Å². The fourth-order valence-corrected chi connectivity index (χ4v) is 9.29. The molecule has 0 bridgehead atoms. The van der Waals surface area contributed by atoms with Gasteiger partial charge in [0.1, 0.15) is 61.4 Å². The van der Waals surface area contributed by atoms with Gasteiger partial charge in [0.25, 0.3) is 0 Å². The SMILES string of the molecule is CC(C)(C)c1ccc2nc(=O)[nH]nc2c1.CC(C)c1ccc2nc(=O)[nH]nc2c1.COc1ccc2nc(=O)[nH]nc2c1.Cc1cc2n[nH]c(=O)nc2cc1C.O=C(O)COc1ccc2nc(=O)[nH]nc2c1.O=c1nc2cc(Cl)ccc2n[nH]1.O=c1nc2ccc(Cl)cc2n[nH]1.O=c1nc2ccc(O)cc2n[nH]1. The van der Waals surface area contributed by atoms with E-state index in [-0.39, 0.29) is 11.2 Å². The van der Waals surface area contributed by atoms with Crippen molar-refractivity contribution in [1.29, 1.82) is 0 Å². The zero-order valence-electron chi connectivity index (χ0n) is 57.4. The van der Waals surface area contributed by atoms with Crippen molar-refractivity contribution in [2.45, 2.75) is 59.8 Å². The zero-order chi connectivity index (χ0) is 77.1. The van der Waals surface area contributed by atoms with Crippen LogP contribution in [-0.4, -0.2) is 151 Å². The number of rotatable bonds is 5. The van der Waals surface area contributed by atoms with E-state index in [1.807, 2.05) is 62.4 Å². The fraction of sp³-hybridized carbons (Fsp3) is 0.162. The van der Waals surface area contributed by atoms with Crippen LogP contribution < -0.4 is 55.0 Å². The Morgan fingerprint density at radius 2 is 0.692 bits per heavy atom. The lowest BCUT2D eigenvalue weighted by atomic mass is 9.87. The normalized spacial score (nSPS) is 10.7. The number of benzene rings is 8. The number of methoxy groups -OCH3 is 1. The number of phenolic OH excluding ortho intramolecular Hbond substituents is 1. The lowest BCUT2D eigenvalue weighted by Crippen LogP contribution is -2.14. The van der Waals surface area contributed by atoms with E-state index >= 15 is 0 Å². The van der Waals surface area contributed by atoms with Gasteiger partial charge < -0.3 is 19.7 Å². The molecule has 0 unspecified atom stereocenters. The summed E-state index contributed by atoms with van der Waals surface area (Å²) in [6.07, 6.45) is 0. The maximum atomic E-state index is 10.9. The molecule has 0 fully saturated rings. The van der Waals surface area contributed by atoms with Gasteiger partial charge in [-0.05, 0) is 157 Å². The second-order valence-electron chi connectivity index (χ2n) is 23.5. The van der Waals surface area contributed by atoms with Crippen LogP contribution >= 0.6 is 23.2 Å². The molecule has 0 aliphatic rings. The number of nitrogens with one attached hydrogen (secondary N) is 8. The number of aromatic nitrogens is 24. The van der Waals surface area contributed by atoms with Gasteiger partial charge in [-0.15, -0.1) is 0 Å². The van der Waals surface area contributed by atoms with Gasteiger partial charge in [0.2, 0.25) is 0 Å². The topological polar surface area (TPSA) is 545 Å². The number of aromatic amines is 8. The number of carbonyl (C=O) groups is 1. The van der Waals surface area contributed by atoms with Crippen molar-refractivity contribution >= 4 is 117 Å². The molecule has 0 saturated heterocycles. The number of halogens is 2. The molecule has 0 amide bonds. The molecule has 16 rings (SSSR count). The summed E-state index contributed by atoms with van der Waals surface area (Å²) in [5, 5.41) is 67.1. The summed E-state index contributed by atoms with van der Waals surface area (Å²) in [6, 6.07) is 39.3. The first-order valence-electron chi connectivity index (χ1n) is 31.3. The van der Waals surface area contributed by atoms with Crippen molar-refractivity contribution in [3.05, 3.63) is 256 Å². The molecular weight excluding hydrogens is 1430 g/mol. The standard InChI is InChI=1S/C11H13N3O.C10H11N3O.C9H7N3O4.C9H9N3O.C8H7N3O2.2C7H4ClN3O.C7H5N3O2/c1-11(2,3)7-4-5-8-9(6-7)13-14-10(15)12-8;1-6(2)7-3-4-8-9(5-7)12-13-10(14)11-8;13-8(14)4-16-5-1-2-6-7(3-5)11-12-9(15)10-6;1-5-3-7-8(4-6(5)2)11-12-9(13)10-7;1-13-5-2-3-6-7(4-5)10-11-8(12)9-6;8-4-1-2-5-6(3-4)9-7(12)11-10-5;8-4-1-2-5-6(3-4)10-11-7(12)9-5;11-4-1-2-5-6(3-4)9-10-7(12)8-5/h4-6H,1-3H3,(H,12,14,15);3-6H,1-2H3,(H,11,13,14);1-3H,4H2,(H,13,14)(H,10,12,15);3-4H,1-2H3,(H,10,12,13);2-4H,1H3,(H,9,11,12);2*1-3H,(H,9,11,12);1-3,11H,(H,8,10,12). The van der Waals surface area contributed by atoms with Crippen LogP contribution in [-0.2, 0) is 10.2 Å².